The molecule has 1 heterocycles. The van der Waals surface area contributed by atoms with Crippen molar-refractivity contribution in [2.75, 3.05) is 17.2 Å². The van der Waals surface area contributed by atoms with Crippen LogP contribution in [0.25, 0.3) is 0 Å². The first-order chi connectivity index (χ1) is 7.26. The second-order valence-corrected chi connectivity index (χ2v) is 3.83. The van der Waals surface area contributed by atoms with Crippen molar-refractivity contribution in [1.82, 2.24) is 4.98 Å². The van der Waals surface area contributed by atoms with Crippen LogP contribution < -0.4 is 10.6 Å². The van der Waals surface area contributed by atoms with Crippen LogP contribution in [0.2, 0.25) is 0 Å². The Morgan fingerprint density at radius 2 is 2.00 bits per heavy atom. The molecule has 0 aromatic carbocycles. The molecule has 0 radical (unpaired) electrons. The fraction of sp³-hybridized carbons (Fsp3) is 0.583. The third kappa shape index (κ3) is 4.19. The Balaban J connectivity index is 2.56. The first-order valence-electron chi connectivity index (χ1n) is 5.71. The Kier molecular flexibility index (Phi) is 4.95. The van der Waals surface area contributed by atoms with Crippen molar-refractivity contribution in [3.05, 3.63) is 18.5 Å². The number of aromatic nitrogens is 1. The Hall–Kier alpha value is -1.25. The molecule has 0 saturated heterocycles. The summed E-state index contributed by atoms with van der Waals surface area (Å²) in [6.45, 7) is 7.41. The molecule has 3 nitrogen and oxygen atoms in total. The summed E-state index contributed by atoms with van der Waals surface area (Å²) < 4.78 is 0. The quantitative estimate of drug-likeness (QED) is 0.752. The zero-order valence-corrected chi connectivity index (χ0v) is 9.88. The predicted octanol–water partition coefficient (Wildman–Crippen LogP) is 3.11. The van der Waals surface area contributed by atoms with Gasteiger partial charge in [-0.05, 0) is 26.3 Å². The van der Waals surface area contributed by atoms with Crippen LogP contribution in [0, 0.1) is 0 Å². The number of pyridine rings is 1. The minimum absolute atomic E-state index is 0.508. The van der Waals surface area contributed by atoms with Gasteiger partial charge in [0, 0.05) is 12.6 Å². The molecule has 15 heavy (non-hydrogen) atoms. The third-order valence-corrected chi connectivity index (χ3v) is 2.25. The number of hydrogen-bond donors (Lipinski definition) is 2. The zero-order valence-electron chi connectivity index (χ0n) is 9.88. The van der Waals surface area contributed by atoms with Crippen LogP contribution in [0.4, 0.5) is 11.4 Å². The molecule has 1 aromatic rings. The summed E-state index contributed by atoms with van der Waals surface area (Å²) in [6.07, 6.45) is 6.10. The molecule has 0 fully saturated rings. The Morgan fingerprint density at radius 3 is 2.67 bits per heavy atom. The predicted molar refractivity (Wildman–Crippen MR) is 66.4 cm³/mol. The first kappa shape index (κ1) is 11.8. The molecular formula is C12H21N3. The van der Waals surface area contributed by atoms with E-state index in [1.807, 2.05) is 12.4 Å². The van der Waals surface area contributed by atoms with Gasteiger partial charge in [0.25, 0.3) is 0 Å². The van der Waals surface area contributed by atoms with Crippen molar-refractivity contribution in [1.29, 1.82) is 0 Å². The molecule has 0 aliphatic heterocycles. The summed E-state index contributed by atoms with van der Waals surface area (Å²) in [4.78, 5) is 4.19. The SMILES string of the molecule is CCCC(C)Nc1cncc(NCC)c1. The highest BCUT2D eigenvalue weighted by Gasteiger charge is 2.01. The molecule has 1 atom stereocenters. The number of anilines is 2. The molecule has 3 heteroatoms. The second kappa shape index (κ2) is 6.27. The maximum Gasteiger partial charge on any atom is 0.0549 e. The number of hydrogen-bond acceptors (Lipinski definition) is 3. The van der Waals surface area contributed by atoms with Crippen molar-refractivity contribution in [3.63, 3.8) is 0 Å². The number of nitrogens with one attached hydrogen (secondary N) is 2. The molecule has 0 aliphatic rings. The van der Waals surface area contributed by atoms with Crippen molar-refractivity contribution in [3.8, 4) is 0 Å². The third-order valence-electron chi connectivity index (χ3n) is 2.25. The lowest BCUT2D eigenvalue weighted by molar-refractivity contribution is 0.690. The van der Waals surface area contributed by atoms with E-state index in [-0.39, 0.29) is 0 Å². The highest BCUT2D eigenvalue weighted by atomic mass is 14.9. The van der Waals surface area contributed by atoms with Gasteiger partial charge in [0.05, 0.1) is 23.8 Å². The van der Waals surface area contributed by atoms with Gasteiger partial charge in [-0.2, -0.15) is 0 Å². The van der Waals surface area contributed by atoms with E-state index >= 15 is 0 Å². The van der Waals surface area contributed by atoms with Gasteiger partial charge in [0.2, 0.25) is 0 Å². The van der Waals surface area contributed by atoms with Gasteiger partial charge in [-0.15, -0.1) is 0 Å². The van der Waals surface area contributed by atoms with Crippen LogP contribution in [0.5, 0.6) is 0 Å². The molecule has 0 spiro atoms. The molecule has 0 bridgehead atoms. The molecule has 1 unspecified atom stereocenters. The Morgan fingerprint density at radius 1 is 1.27 bits per heavy atom. The molecule has 1 rings (SSSR count). The van der Waals surface area contributed by atoms with Crippen LogP contribution in [0.15, 0.2) is 18.5 Å². The van der Waals surface area contributed by atoms with Gasteiger partial charge in [-0.1, -0.05) is 13.3 Å². The highest BCUT2D eigenvalue weighted by Crippen LogP contribution is 2.14. The largest absolute Gasteiger partial charge is 0.384 e. The Labute approximate surface area is 92.3 Å². The lowest BCUT2D eigenvalue weighted by atomic mass is 10.2. The fourth-order valence-electron chi connectivity index (χ4n) is 1.61. The normalized spacial score (nSPS) is 12.2. The summed E-state index contributed by atoms with van der Waals surface area (Å²) >= 11 is 0. The zero-order chi connectivity index (χ0) is 11.1. The van der Waals surface area contributed by atoms with Crippen molar-refractivity contribution >= 4 is 11.4 Å². The van der Waals surface area contributed by atoms with Gasteiger partial charge >= 0.3 is 0 Å². The van der Waals surface area contributed by atoms with Crippen LogP contribution in [-0.4, -0.2) is 17.6 Å². The molecule has 0 saturated carbocycles. The lowest BCUT2D eigenvalue weighted by Crippen LogP contribution is -2.14. The van der Waals surface area contributed by atoms with Gasteiger partial charge in [0.15, 0.2) is 0 Å². The van der Waals surface area contributed by atoms with E-state index < -0.39 is 0 Å². The topological polar surface area (TPSA) is 37.0 Å². The van der Waals surface area contributed by atoms with E-state index in [1.54, 1.807) is 0 Å². The van der Waals surface area contributed by atoms with Crippen LogP contribution in [0.1, 0.15) is 33.6 Å². The first-order valence-corrected chi connectivity index (χ1v) is 5.71. The average Bonchev–Trinajstić information content (AvgIpc) is 2.19. The summed E-state index contributed by atoms with van der Waals surface area (Å²) in [7, 11) is 0. The van der Waals surface area contributed by atoms with E-state index in [2.05, 4.69) is 42.5 Å². The van der Waals surface area contributed by atoms with E-state index in [0.29, 0.717) is 6.04 Å². The van der Waals surface area contributed by atoms with Crippen molar-refractivity contribution in [2.45, 2.75) is 39.7 Å². The standard InChI is InChI=1S/C12H21N3/c1-4-6-10(3)15-12-7-11(14-5-2)8-13-9-12/h7-10,14-15H,4-6H2,1-3H3. The monoisotopic (exact) mass is 207 g/mol. The molecular weight excluding hydrogens is 186 g/mol. The molecule has 0 aliphatic carbocycles. The van der Waals surface area contributed by atoms with Gasteiger partial charge < -0.3 is 10.6 Å². The smallest absolute Gasteiger partial charge is 0.0549 e. The van der Waals surface area contributed by atoms with Crippen molar-refractivity contribution in [2.24, 2.45) is 0 Å². The van der Waals surface area contributed by atoms with E-state index in [9.17, 15) is 0 Å². The van der Waals surface area contributed by atoms with Gasteiger partial charge in [-0.25, -0.2) is 0 Å². The maximum atomic E-state index is 4.19. The summed E-state index contributed by atoms with van der Waals surface area (Å²) in [5.41, 5.74) is 2.17. The average molecular weight is 207 g/mol. The second-order valence-electron chi connectivity index (χ2n) is 3.83. The lowest BCUT2D eigenvalue weighted by Gasteiger charge is -2.14. The Bertz CT molecular complexity index is 286. The molecule has 1 aromatic heterocycles. The molecule has 84 valence electrons. The van der Waals surface area contributed by atoms with Crippen molar-refractivity contribution < 1.29 is 0 Å². The summed E-state index contributed by atoms with van der Waals surface area (Å²) in [6, 6.07) is 2.61. The van der Waals surface area contributed by atoms with Crippen LogP contribution in [-0.2, 0) is 0 Å². The van der Waals surface area contributed by atoms with Crippen LogP contribution >= 0.6 is 0 Å². The number of rotatable bonds is 6. The van der Waals surface area contributed by atoms with E-state index in [4.69, 9.17) is 0 Å². The fourth-order valence-corrected chi connectivity index (χ4v) is 1.61. The highest BCUT2D eigenvalue weighted by molar-refractivity contribution is 5.54. The number of nitrogens with zero attached hydrogens (tertiary/aromatic N) is 1. The van der Waals surface area contributed by atoms with Gasteiger partial charge in [-0.3, -0.25) is 4.98 Å². The minimum Gasteiger partial charge on any atom is -0.384 e. The molecule has 0 amide bonds. The minimum atomic E-state index is 0.508. The summed E-state index contributed by atoms with van der Waals surface area (Å²) in [5.74, 6) is 0. The van der Waals surface area contributed by atoms with E-state index in [0.717, 1.165) is 17.9 Å². The maximum absolute atomic E-state index is 4.19. The van der Waals surface area contributed by atoms with Gasteiger partial charge in [0.1, 0.15) is 0 Å². The van der Waals surface area contributed by atoms with E-state index in [1.165, 1.54) is 12.8 Å². The summed E-state index contributed by atoms with van der Waals surface area (Å²) in [5, 5.41) is 6.69. The van der Waals surface area contributed by atoms with Crippen LogP contribution in [0.3, 0.4) is 0 Å². The molecule has 2 N–H and O–H groups in total.